The van der Waals surface area contributed by atoms with Crippen LogP contribution in [0, 0.1) is 17.9 Å². The number of carbonyl (C=O) groups excluding carboxylic acids is 2. The van der Waals surface area contributed by atoms with Crippen LogP contribution in [0.2, 0.25) is 0 Å². The lowest BCUT2D eigenvalue weighted by atomic mass is 10.2. The number of amides is 2. The highest BCUT2D eigenvalue weighted by atomic mass is 16.6. The molecule has 0 aliphatic heterocycles. The van der Waals surface area contributed by atoms with Gasteiger partial charge in [-0.15, -0.1) is 0 Å². The van der Waals surface area contributed by atoms with Gasteiger partial charge in [0.05, 0.1) is 19.0 Å². The van der Waals surface area contributed by atoms with Crippen molar-refractivity contribution >= 4 is 12.2 Å². The monoisotopic (exact) mass is 380 g/mol. The van der Waals surface area contributed by atoms with E-state index in [2.05, 4.69) is 4.85 Å². The average molecular weight is 380 g/mol. The Morgan fingerprint density at radius 2 is 1.37 bits per heavy atom. The predicted octanol–water partition coefficient (Wildman–Crippen LogP) is 3.68. The first-order valence-corrected chi connectivity index (χ1v) is 9.05. The molecule has 0 atom stereocenters. The maximum Gasteiger partial charge on any atom is 0.410 e. The minimum absolute atomic E-state index is 0.184. The second kappa shape index (κ2) is 11.3. The first kappa shape index (κ1) is 24.5. The van der Waals surface area contributed by atoms with E-state index in [4.69, 9.17) is 21.3 Å². The Labute approximate surface area is 162 Å². The standard InChI is InChI=1S/C19H32N4O4/c1-18(2,3)26-16(24)22(12-8-10-20)13-9-14-23(15-11-21-7)17(25)27-19(4,5)6/h8-9,11-15H2,1-6H3. The van der Waals surface area contributed by atoms with E-state index >= 15 is 0 Å². The quantitative estimate of drug-likeness (QED) is 0.599. The smallest absolute Gasteiger partial charge is 0.410 e. The molecule has 0 radical (unpaired) electrons. The maximum atomic E-state index is 12.3. The number of hydrogen-bond acceptors (Lipinski definition) is 5. The van der Waals surface area contributed by atoms with Gasteiger partial charge in [-0.3, -0.25) is 0 Å². The summed E-state index contributed by atoms with van der Waals surface area (Å²) in [4.78, 5) is 30.8. The predicted molar refractivity (Wildman–Crippen MR) is 102 cm³/mol. The van der Waals surface area contributed by atoms with E-state index in [1.165, 1.54) is 9.80 Å². The molecule has 2 amide bonds. The molecule has 0 fully saturated rings. The van der Waals surface area contributed by atoms with Gasteiger partial charge in [0.2, 0.25) is 6.54 Å². The largest absolute Gasteiger partial charge is 0.444 e. The molecule has 0 aliphatic rings. The zero-order chi connectivity index (χ0) is 21.1. The molecule has 8 heteroatoms. The minimum Gasteiger partial charge on any atom is -0.444 e. The Bertz CT molecular complexity index is 514. The molecule has 0 saturated carbocycles. The molecule has 0 unspecified atom stereocenters. The molecule has 0 spiro atoms. The second-order valence-electron chi connectivity index (χ2n) is 8.08. The zero-order valence-corrected chi connectivity index (χ0v) is 17.4. The van der Waals surface area contributed by atoms with Gasteiger partial charge in [0.25, 0.3) is 0 Å². The summed E-state index contributed by atoms with van der Waals surface area (Å²) in [6, 6.07) is 2.02. The molecule has 0 aliphatic carbocycles. The van der Waals surface area contributed by atoms with E-state index in [0.717, 1.165) is 0 Å². The molecule has 0 aromatic rings. The van der Waals surface area contributed by atoms with E-state index in [1.807, 2.05) is 6.07 Å². The van der Waals surface area contributed by atoms with Crippen molar-refractivity contribution in [1.29, 1.82) is 5.26 Å². The van der Waals surface area contributed by atoms with Crippen LogP contribution in [-0.4, -0.2) is 65.9 Å². The van der Waals surface area contributed by atoms with Crippen LogP contribution in [-0.2, 0) is 9.47 Å². The summed E-state index contributed by atoms with van der Waals surface area (Å²) in [7, 11) is 0. The zero-order valence-electron chi connectivity index (χ0n) is 17.4. The van der Waals surface area contributed by atoms with Crippen LogP contribution in [0.15, 0.2) is 0 Å². The Morgan fingerprint density at radius 1 is 0.926 bits per heavy atom. The van der Waals surface area contributed by atoms with Crippen LogP contribution in [0.4, 0.5) is 9.59 Å². The molecule has 0 saturated heterocycles. The van der Waals surface area contributed by atoms with Gasteiger partial charge >= 0.3 is 12.2 Å². The molecule has 0 aromatic heterocycles. The van der Waals surface area contributed by atoms with E-state index in [0.29, 0.717) is 19.5 Å². The third kappa shape index (κ3) is 12.5. The summed E-state index contributed by atoms with van der Waals surface area (Å²) in [5, 5.41) is 8.79. The Morgan fingerprint density at radius 3 is 1.74 bits per heavy atom. The summed E-state index contributed by atoms with van der Waals surface area (Å²) >= 11 is 0. The number of carbonyl (C=O) groups is 2. The van der Waals surface area contributed by atoms with Crippen LogP contribution in [0.3, 0.4) is 0 Å². The third-order valence-electron chi connectivity index (χ3n) is 3.13. The van der Waals surface area contributed by atoms with Gasteiger partial charge < -0.3 is 24.1 Å². The van der Waals surface area contributed by atoms with Crippen molar-refractivity contribution in [1.82, 2.24) is 9.80 Å². The molecule has 152 valence electrons. The molecule has 0 rings (SSSR count). The summed E-state index contributed by atoms with van der Waals surface area (Å²) in [6.45, 7) is 19.0. The Hall–Kier alpha value is -2.48. The molecule has 0 heterocycles. The fourth-order valence-corrected chi connectivity index (χ4v) is 2.05. The van der Waals surface area contributed by atoms with Crippen LogP contribution in [0.5, 0.6) is 0 Å². The van der Waals surface area contributed by atoms with E-state index in [1.54, 1.807) is 41.5 Å². The van der Waals surface area contributed by atoms with Crippen molar-refractivity contribution in [3.05, 3.63) is 11.4 Å². The molecule has 0 N–H and O–H groups in total. The van der Waals surface area contributed by atoms with Crippen molar-refractivity contribution in [2.75, 3.05) is 32.7 Å². The molecule has 27 heavy (non-hydrogen) atoms. The molecular formula is C19H32N4O4. The van der Waals surface area contributed by atoms with Gasteiger partial charge in [-0.1, -0.05) is 0 Å². The van der Waals surface area contributed by atoms with Crippen LogP contribution in [0.1, 0.15) is 54.4 Å². The number of nitriles is 1. The number of hydrogen-bond donors (Lipinski definition) is 0. The second-order valence-corrected chi connectivity index (χ2v) is 8.08. The molecular weight excluding hydrogens is 348 g/mol. The summed E-state index contributed by atoms with van der Waals surface area (Å²) in [5.74, 6) is 0. The van der Waals surface area contributed by atoms with Gasteiger partial charge in [0, 0.05) is 19.6 Å². The molecule has 0 aromatic carbocycles. The third-order valence-corrected chi connectivity index (χ3v) is 3.13. The van der Waals surface area contributed by atoms with Gasteiger partial charge in [0.15, 0.2) is 0 Å². The topological polar surface area (TPSA) is 87.2 Å². The highest BCUT2D eigenvalue weighted by Crippen LogP contribution is 2.12. The normalized spacial score (nSPS) is 11.1. The van der Waals surface area contributed by atoms with Crippen molar-refractivity contribution in [3.8, 4) is 6.07 Å². The Kier molecular flexibility index (Phi) is 10.2. The first-order chi connectivity index (χ1) is 12.4. The molecule has 0 bridgehead atoms. The highest BCUT2D eigenvalue weighted by Gasteiger charge is 2.24. The lowest BCUT2D eigenvalue weighted by Gasteiger charge is -2.29. The van der Waals surface area contributed by atoms with E-state index in [9.17, 15) is 9.59 Å². The van der Waals surface area contributed by atoms with E-state index in [-0.39, 0.29) is 26.1 Å². The SMILES string of the molecule is [C-]#[N+]CCN(CCCN(CCC#N)C(=O)OC(C)(C)C)C(=O)OC(C)(C)C. The van der Waals surface area contributed by atoms with Crippen molar-refractivity contribution in [2.24, 2.45) is 0 Å². The van der Waals surface area contributed by atoms with Crippen molar-refractivity contribution in [3.63, 3.8) is 0 Å². The fourth-order valence-electron chi connectivity index (χ4n) is 2.05. The van der Waals surface area contributed by atoms with Gasteiger partial charge in [-0.2, -0.15) is 5.26 Å². The van der Waals surface area contributed by atoms with Gasteiger partial charge in [0.1, 0.15) is 11.2 Å². The van der Waals surface area contributed by atoms with Crippen molar-refractivity contribution in [2.45, 2.75) is 65.6 Å². The summed E-state index contributed by atoms with van der Waals surface area (Å²) in [5.41, 5.74) is -1.25. The first-order valence-electron chi connectivity index (χ1n) is 9.05. The Balaban J connectivity index is 4.84. The van der Waals surface area contributed by atoms with Crippen LogP contribution >= 0.6 is 0 Å². The summed E-state index contributed by atoms with van der Waals surface area (Å²) < 4.78 is 10.7. The average Bonchev–Trinajstić information content (AvgIpc) is 2.49. The lowest BCUT2D eigenvalue weighted by Crippen LogP contribution is -2.41. The lowest BCUT2D eigenvalue weighted by molar-refractivity contribution is 0.0213. The maximum absolute atomic E-state index is 12.3. The number of ether oxygens (including phenoxy) is 2. The fraction of sp³-hybridized carbons (Fsp3) is 0.789. The van der Waals surface area contributed by atoms with Crippen LogP contribution < -0.4 is 0 Å². The van der Waals surface area contributed by atoms with Gasteiger partial charge in [-0.25, -0.2) is 16.2 Å². The van der Waals surface area contributed by atoms with Gasteiger partial charge in [-0.05, 0) is 48.0 Å². The van der Waals surface area contributed by atoms with Crippen LogP contribution in [0.25, 0.3) is 4.85 Å². The number of nitrogens with zero attached hydrogens (tertiary/aromatic N) is 4. The number of rotatable bonds is 8. The van der Waals surface area contributed by atoms with E-state index < -0.39 is 23.4 Å². The minimum atomic E-state index is -0.625. The summed E-state index contributed by atoms with van der Waals surface area (Å²) in [6.07, 6.45) is -0.274. The highest BCUT2D eigenvalue weighted by molar-refractivity contribution is 5.68. The van der Waals surface area contributed by atoms with Crippen molar-refractivity contribution < 1.29 is 19.1 Å². The molecule has 8 nitrogen and oxygen atoms in total.